The standard InChI is InChI=1S/C13H20Cl2O2/c14-9-3-6-12(15)11(7-9)13(17)8-1-4-10(16)5-2-8/h8-12,16H,1-7H2. The largest absolute Gasteiger partial charge is 0.393 e. The van der Waals surface area contributed by atoms with Crippen LogP contribution in [0, 0.1) is 11.8 Å². The molecule has 3 unspecified atom stereocenters. The van der Waals surface area contributed by atoms with Crippen molar-refractivity contribution in [2.45, 2.75) is 61.8 Å². The molecule has 17 heavy (non-hydrogen) atoms. The number of hydrogen-bond donors (Lipinski definition) is 1. The van der Waals surface area contributed by atoms with Crippen LogP contribution in [0.5, 0.6) is 0 Å². The van der Waals surface area contributed by atoms with Crippen LogP contribution >= 0.6 is 23.2 Å². The second-order valence-electron chi connectivity index (χ2n) is 5.44. The smallest absolute Gasteiger partial charge is 0.140 e. The summed E-state index contributed by atoms with van der Waals surface area (Å²) in [6, 6.07) is 0. The number of halogens is 2. The van der Waals surface area contributed by atoms with Crippen LogP contribution in [0.15, 0.2) is 0 Å². The molecule has 0 aromatic heterocycles. The maximum absolute atomic E-state index is 12.4. The Labute approximate surface area is 113 Å². The van der Waals surface area contributed by atoms with Crippen LogP contribution in [0.4, 0.5) is 0 Å². The molecule has 0 aromatic carbocycles. The average molecular weight is 279 g/mol. The predicted molar refractivity (Wildman–Crippen MR) is 69.6 cm³/mol. The van der Waals surface area contributed by atoms with E-state index in [1.807, 2.05) is 0 Å². The highest BCUT2D eigenvalue weighted by Gasteiger charge is 2.37. The van der Waals surface area contributed by atoms with Crippen molar-refractivity contribution in [2.24, 2.45) is 11.8 Å². The van der Waals surface area contributed by atoms with E-state index in [2.05, 4.69) is 0 Å². The Bertz CT molecular complexity index is 275. The van der Waals surface area contributed by atoms with E-state index in [1.54, 1.807) is 0 Å². The Morgan fingerprint density at radius 1 is 1.00 bits per heavy atom. The number of carbonyl (C=O) groups excluding carboxylic acids is 1. The zero-order chi connectivity index (χ0) is 12.4. The first-order valence-electron chi connectivity index (χ1n) is 6.58. The molecule has 2 rings (SSSR count). The van der Waals surface area contributed by atoms with Gasteiger partial charge in [0.05, 0.1) is 6.10 Å². The Morgan fingerprint density at radius 2 is 1.65 bits per heavy atom. The normalized spacial score (nSPS) is 43.4. The lowest BCUT2D eigenvalue weighted by atomic mass is 9.76. The summed E-state index contributed by atoms with van der Waals surface area (Å²) in [5.41, 5.74) is 0. The van der Waals surface area contributed by atoms with Gasteiger partial charge in [-0.05, 0) is 44.9 Å². The van der Waals surface area contributed by atoms with Gasteiger partial charge in [-0.15, -0.1) is 23.2 Å². The van der Waals surface area contributed by atoms with E-state index < -0.39 is 0 Å². The summed E-state index contributed by atoms with van der Waals surface area (Å²) in [7, 11) is 0. The molecule has 0 bridgehead atoms. The Balaban J connectivity index is 1.94. The third kappa shape index (κ3) is 3.36. The van der Waals surface area contributed by atoms with Gasteiger partial charge in [0.1, 0.15) is 5.78 Å². The van der Waals surface area contributed by atoms with Gasteiger partial charge in [0.15, 0.2) is 0 Å². The molecule has 0 aliphatic heterocycles. The van der Waals surface area contributed by atoms with Crippen molar-refractivity contribution in [3.63, 3.8) is 0 Å². The third-order valence-electron chi connectivity index (χ3n) is 4.17. The number of carbonyl (C=O) groups is 1. The van der Waals surface area contributed by atoms with Crippen molar-refractivity contribution in [1.82, 2.24) is 0 Å². The Kier molecular flexibility index (Phi) is 4.73. The van der Waals surface area contributed by atoms with Gasteiger partial charge < -0.3 is 5.11 Å². The van der Waals surface area contributed by atoms with Gasteiger partial charge in [-0.2, -0.15) is 0 Å². The summed E-state index contributed by atoms with van der Waals surface area (Å²) in [4.78, 5) is 12.4. The van der Waals surface area contributed by atoms with Crippen molar-refractivity contribution in [3.8, 4) is 0 Å². The van der Waals surface area contributed by atoms with Gasteiger partial charge in [0.2, 0.25) is 0 Å². The SMILES string of the molecule is O=C(C1CCC(O)CC1)C1CC(Cl)CCC1Cl. The summed E-state index contributed by atoms with van der Waals surface area (Å²) in [6.45, 7) is 0. The second-order valence-corrected chi connectivity index (χ2v) is 6.62. The number of hydrogen-bond acceptors (Lipinski definition) is 2. The second kappa shape index (κ2) is 5.90. The molecule has 98 valence electrons. The van der Waals surface area contributed by atoms with E-state index >= 15 is 0 Å². The molecule has 2 aliphatic rings. The Hall–Kier alpha value is 0.210. The molecule has 3 atom stereocenters. The summed E-state index contributed by atoms with van der Waals surface area (Å²) >= 11 is 12.4. The van der Waals surface area contributed by atoms with Gasteiger partial charge >= 0.3 is 0 Å². The molecular formula is C13H20Cl2O2. The van der Waals surface area contributed by atoms with Crippen molar-refractivity contribution >= 4 is 29.0 Å². The van der Waals surface area contributed by atoms with Gasteiger partial charge in [-0.1, -0.05) is 0 Å². The number of aliphatic hydroxyl groups excluding tert-OH is 1. The third-order valence-corrected chi connectivity index (χ3v) is 5.09. The highest BCUT2D eigenvalue weighted by Crippen LogP contribution is 2.36. The van der Waals surface area contributed by atoms with Gasteiger partial charge in [0.25, 0.3) is 0 Å². The van der Waals surface area contributed by atoms with E-state index in [0.717, 1.165) is 44.9 Å². The molecule has 2 aliphatic carbocycles. The number of alkyl halides is 2. The zero-order valence-electron chi connectivity index (χ0n) is 9.95. The van der Waals surface area contributed by atoms with Crippen LogP contribution in [0.2, 0.25) is 0 Å². The molecule has 4 heteroatoms. The van der Waals surface area contributed by atoms with E-state index in [4.69, 9.17) is 23.2 Å². The first-order chi connectivity index (χ1) is 8.08. The maximum atomic E-state index is 12.4. The number of aliphatic hydroxyl groups is 1. The van der Waals surface area contributed by atoms with E-state index in [9.17, 15) is 9.90 Å². The summed E-state index contributed by atoms with van der Waals surface area (Å²) in [6.07, 6.45) is 5.41. The lowest BCUT2D eigenvalue weighted by molar-refractivity contribution is -0.129. The summed E-state index contributed by atoms with van der Waals surface area (Å²) < 4.78 is 0. The van der Waals surface area contributed by atoms with E-state index in [0.29, 0.717) is 5.78 Å². The molecule has 0 amide bonds. The van der Waals surface area contributed by atoms with Crippen LogP contribution in [0.1, 0.15) is 44.9 Å². The highest BCUT2D eigenvalue weighted by molar-refractivity contribution is 6.24. The minimum atomic E-state index is -0.210. The summed E-state index contributed by atoms with van der Waals surface area (Å²) in [5, 5.41) is 9.52. The quantitative estimate of drug-likeness (QED) is 0.788. The highest BCUT2D eigenvalue weighted by atomic mass is 35.5. The topological polar surface area (TPSA) is 37.3 Å². The number of rotatable bonds is 2. The molecular weight excluding hydrogens is 259 g/mol. The van der Waals surface area contributed by atoms with E-state index in [1.165, 1.54) is 0 Å². The van der Waals surface area contributed by atoms with Crippen molar-refractivity contribution in [2.75, 3.05) is 0 Å². The number of Topliss-reactive ketones (excluding diaryl/α,β-unsaturated/α-hetero) is 1. The summed E-state index contributed by atoms with van der Waals surface area (Å²) in [5.74, 6) is 0.335. The van der Waals surface area contributed by atoms with Crippen LogP contribution < -0.4 is 0 Å². The maximum Gasteiger partial charge on any atom is 0.140 e. The first-order valence-corrected chi connectivity index (χ1v) is 7.45. The van der Waals surface area contributed by atoms with Crippen LogP contribution in [0.25, 0.3) is 0 Å². The molecule has 2 fully saturated rings. The monoisotopic (exact) mass is 278 g/mol. The van der Waals surface area contributed by atoms with Crippen molar-refractivity contribution in [3.05, 3.63) is 0 Å². The van der Waals surface area contributed by atoms with E-state index in [-0.39, 0.29) is 28.7 Å². The van der Waals surface area contributed by atoms with Gasteiger partial charge in [-0.3, -0.25) is 4.79 Å². The molecule has 0 spiro atoms. The first kappa shape index (κ1) is 13.6. The molecule has 0 saturated heterocycles. The fraction of sp³-hybridized carbons (Fsp3) is 0.923. The van der Waals surface area contributed by atoms with Crippen molar-refractivity contribution in [1.29, 1.82) is 0 Å². The minimum Gasteiger partial charge on any atom is -0.393 e. The zero-order valence-corrected chi connectivity index (χ0v) is 11.5. The van der Waals surface area contributed by atoms with Gasteiger partial charge in [0, 0.05) is 22.6 Å². The molecule has 2 saturated carbocycles. The molecule has 1 N–H and O–H groups in total. The lowest BCUT2D eigenvalue weighted by Crippen LogP contribution is -2.37. The average Bonchev–Trinajstić information content (AvgIpc) is 2.32. The predicted octanol–water partition coefficient (Wildman–Crippen LogP) is 3.12. The van der Waals surface area contributed by atoms with Gasteiger partial charge in [-0.25, -0.2) is 0 Å². The molecule has 0 aromatic rings. The molecule has 0 radical (unpaired) electrons. The van der Waals surface area contributed by atoms with Crippen LogP contribution in [0.3, 0.4) is 0 Å². The molecule has 0 heterocycles. The Morgan fingerprint density at radius 3 is 2.29 bits per heavy atom. The molecule has 2 nitrogen and oxygen atoms in total. The van der Waals surface area contributed by atoms with Crippen LogP contribution in [-0.4, -0.2) is 27.7 Å². The van der Waals surface area contributed by atoms with Crippen LogP contribution in [-0.2, 0) is 4.79 Å². The van der Waals surface area contributed by atoms with Crippen molar-refractivity contribution < 1.29 is 9.90 Å². The fourth-order valence-corrected chi connectivity index (χ4v) is 3.71. The lowest BCUT2D eigenvalue weighted by Gasteiger charge is -2.33. The number of ketones is 1. The fourth-order valence-electron chi connectivity index (χ4n) is 3.04. The minimum absolute atomic E-state index is 0.0376.